The molecule has 0 bridgehead atoms. The monoisotopic (exact) mass is 364 g/mol. The van der Waals surface area contributed by atoms with Crippen LogP contribution in [0.4, 0.5) is 0 Å². The van der Waals surface area contributed by atoms with E-state index in [1.165, 1.54) is 0 Å². The summed E-state index contributed by atoms with van der Waals surface area (Å²) in [5.74, 6) is 0. The predicted molar refractivity (Wildman–Crippen MR) is 115 cm³/mol. The van der Waals surface area contributed by atoms with E-state index < -0.39 is 11.5 Å². The van der Waals surface area contributed by atoms with Gasteiger partial charge in [0.05, 0.1) is 11.5 Å². The normalized spacial score (nSPS) is 12.5. The Morgan fingerprint density at radius 3 is 1.18 bits per heavy atom. The number of aliphatic hydroxyl groups excluding tert-OH is 1. The predicted octanol–water partition coefficient (Wildman–Crippen LogP) is 5.62. The first kappa shape index (κ1) is 18.2. The zero-order valence-electron chi connectivity index (χ0n) is 15.8. The van der Waals surface area contributed by atoms with Crippen molar-refractivity contribution in [1.29, 1.82) is 0 Å². The lowest BCUT2D eigenvalue weighted by atomic mass is 9.64. The van der Waals surface area contributed by atoms with Crippen molar-refractivity contribution in [3.8, 4) is 0 Å². The smallest absolute Gasteiger partial charge is 0.0758 e. The van der Waals surface area contributed by atoms with Gasteiger partial charge in [-0.2, -0.15) is 0 Å². The highest BCUT2D eigenvalue weighted by molar-refractivity contribution is 5.52. The van der Waals surface area contributed by atoms with Crippen LogP contribution in [0.15, 0.2) is 121 Å². The van der Waals surface area contributed by atoms with Crippen molar-refractivity contribution in [3.63, 3.8) is 0 Å². The largest absolute Gasteiger partial charge is 0.391 e. The van der Waals surface area contributed by atoms with Crippen LogP contribution in [0.5, 0.6) is 0 Å². The highest BCUT2D eigenvalue weighted by Crippen LogP contribution is 2.43. The first-order valence-electron chi connectivity index (χ1n) is 9.70. The zero-order chi connectivity index (χ0) is 19.2. The Kier molecular flexibility index (Phi) is 5.36. The fourth-order valence-electron chi connectivity index (χ4n) is 4.17. The van der Waals surface area contributed by atoms with Gasteiger partial charge in [0, 0.05) is 0 Å². The molecule has 1 nitrogen and oxygen atoms in total. The number of aliphatic hydroxyl groups is 1. The molecule has 1 unspecified atom stereocenters. The van der Waals surface area contributed by atoms with Gasteiger partial charge in [-0.1, -0.05) is 121 Å². The molecule has 138 valence electrons. The molecule has 4 rings (SSSR count). The SMILES string of the molecule is OC(Cc1ccccc1)C(c1ccccc1)(c1ccccc1)c1ccccc1. The van der Waals surface area contributed by atoms with E-state index in [0.29, 0.717) is 6.42 Å². The van der Waals surface area contributed by atoms with Crippen LogP contribution in [0, 0.1) is 0 Å². The first-order valence-corrected chi connectivity index (χ1v) is 9.70. The van der Waals surface area contributed by atoms with Gasteiger partial charge < -0.3 is 5.11 Å². The first-order chi connectivity index (χ1) is 13.8. The molecule has 28 heavy (non-hydrogen) atoms. The molecule has 0 aromatic heterocycles. The summed E-state index contributed by atoms with van der Waals surface area (Å²) in [5.41, 5.74) is 3.75. The summed E-state index contributed by atoms with van der Waals surface area (Å²) in [6, 6.07) is 41.3. The van der Waals surface area contributed by atoms with Crippen LogP contribution in [0.2, 0.25) is 0 Å². The minimum Gasteiger partial charge on any atom is -0.391 e. The maximum atomic E-state index is 11.8. The van der Waals surface area contributed by atoms with Crippen molar-refractivity contribution in [2.24, 2.45) is 0 Å². The zero-order valence-corrected chi connectivity index (χ0v) is 15.8. The number of rotatable bonds is 6. The molecule has 4 aromatic rings. The van der Waals surface area contributed by atoms with Gasteiger partial charge >= 0.3 is 0 Å². The molecule has 0 saturated heterocycles. The van der Waals surface area contributed by atoms with E-state index in [4.69, 9.17) is 0 Å². The molecule has 0 aliphatic rings. The van der Waals surface area contributed by atoms with Gasteiger partial charge in [-0.25, -0.2) is 0 Å². The van der Waals surface area contributed by atoms with E-state index in [-0.39, 0.29) is 0 Å². The van der Waals surface area contributed by atoms with Crippen molar-refractivity contribution < 1.29 is 5.11 Å². The maximum absolute atomic E-state index is 11.8. The molecular weight excluding hydrogens is 340 g/mol. The Hall–Kier alpha value is -3.16. The summed E-state index contributed by atoms with van der Waals surface area (Å²) in [4.78, 5) is 0. The quantitative estimate of drug-likeness (QED) is 0.440. The van der Waals surface area contributed by atoms with Crippen molar-refractivity contribution in [2.75, 3.05) is 0 Å². The Balaban J connectivity index is 1.95. The van der Waals surface area contributed by atoms with Gasteiger partial charge in [-0.05, 0) is 28.7 Å². The van der Waals surface area contributed by atoms with Crippen LogP contribution in [0.25, 0.3) is 0 Å². The van der Waals surface area contributed by atoms with Crippen molar-refractivity contribution in [2.45, 2.75) is 17.9 Å². The third kappa shape index (κ3) is 3.37. The summed E-state index contributed by atoms with van der Waals surface area (Å²) in [6.45, 7) is 0. The molecule has 1 N–H and O–H groups in total. The lowest BCUT2D eigenvalue weighted by Gasteiger charge is -2.40. The summed E-state index contributed by atoms with van der Waals surface area (Å²) in [7, 11) is 0. The average Bonchev–Trinajstić information content (AvgIpc) is 2.77. The second kappa shape index (κ2) is 8.24. The molecule has 0 radical (unpaired) electrons. The molecule has 0 heterocycles. The molecular formula is C27H24O. The number of hydrogen-bond donors (Lipinski definition) is 1. The third-order valence-electron chi connectivity index (χ3n) is 5.46. The van der Waals surface area contributed by atoms with Crippen LogP contribution in [0.1, 0.15) is 22.3 Å². The van der Waals surface area contributed by atoms with E-state index in [2.05, 4.69) is 48.5 Å². The lowest BCUT2D eigenvalue weighted by molar-refractivity contribution is 0.121. The summed E-state index contributed by atoms with van der Waals surface area (Å²) in [6.07, 6.45) is -0.0541. The summed E-state index contributed by atoms with van der Waals surface area (Å²) < 4.78 is 0. The molecule has 1 atom stereocenters. The van der Waals surface area contributed by atoms with E-state index in [1.807, 2.05) is 72.8 Å². The van der Waals surface area contributed by atoms with Gasteiger partial charge in [0.1, 0.15) is 0 Å². The van der Waals surface area contributed by atoms with Crippen molar-refractivity contribution in [3.05, 3.63) is 144 Å². The van der Waals surface area contributed by atoms with E-state index >= 15 is 0 Å². The minimum atomic E-state index is -0.653. The second-order valence-corrected chi connectivity index (χ2v) is 7.11. The fraction of sp³-hybridized carbons (Fsp3) is 0.111. The molecule has 0 spiro atoms. The summed E-state index contributed by atoms with van der Waals surface area (Å²) >= 11 is 0. The lowest BCUT2D eigenvalue weighted by Crippen LogP contribution is -2.43. The Bertz CT molecular complexity index is 883. The van der Waals surface area contributed by atoms with Crippen molar-refractivity contribution >= 4 is 0 Å². The van der Waals surface area contributed by atoms with Crippen LogP contribution >= 0.6 is 0 Å². The average molecular weight is 364 g/mol. The van der Waals surface area contributed by atoms with Gasteiger partial charge in [0.25, 0.3) is 0 Å². The molecule has 0 amide bonds. The fourth-order valence-corrected chi connectivity index (χ4v) is 4.17. The van der Waals surface area contributed by atoms with Gasteiger partial charge in [0.2, 0.25) is 0 Å². The molecule has 1 heteroatoms. The van der Waals surface area contributed by atoms with Crippen LogP contribution in [-0.2, 0) is 11.8 Å². The molecule has 4 aromatic carbocycles. The van der Waals surface area contributed by atoms with Crippen LogP contribution in [0.3, 0.4) is 0 Å². The Morgan fingerprint density at radius 1 is 0.500 bits per heavy atom. The topological polar surface area (TPSA) is 20.2 Å². The van der Waals surface area contributed by atoms with E-state index in [0.717, 1.165) is 22.3 Å². The standard InChI is InChI=1S/C27H24O/c28-26(21-22-13-5-1-6-14-22)27(23-15-7-2-8-16-23,24-17-9-3-10-18-24)25-19-11-4-12-20-25/h1-20,26,28H,21H2. The highest BCUT2D eigenvalue weighted by Gasteiger charge is 2.42. The van der Waals surface area contributed by atoms with Crippen LogP contribution in [-0.4, -0.2) is 11.2 Å². The Labute approximate surface area is 166 Å². The highest BCUT2D eigenvalue weighted by atomic mass is 16.3. The molecule has 0 saturated carbocycles. The van der Waals surface area contributed by atoms with Gasteiger partial charge in [-0.3, -0.25) is 0 Å². The third-order valence-corrected chi connectivity index (χ3v) is 5.46. The summed E-state index contributed by atoms with van der Waals surface area (Å²) in [5, 5.41) is 11.8. The molecule has 0 aliphatic carbocycles. The van der Waals surface area contributed by atoms with Crippen molar-refractivity contribution in [1.82, 2.24) is 0 Å². The Morgan fingerprint density at radius 2 is 0.821 bits per heavy atom. The van der Waals surface area contributed by atoms with Crippen LogP contribution < -0.4 is 0 Å². The van der Waals surface area contributed by atoms with E-state index in [9.17, 15) is 5.11 Å². The van der Waals surface area contributed by atoms with Gasteiger partial charge in [0.15, 0.2) is 0 Å². The van der Waals surface area contributed by atoms with Gasteiger partial charge in [-0.15, -0.1) is 0 Å². The number of benzene rings is 4. The minimum absolute atomic E-state index is 0.569. The maximum Gasteiger partial charge on any atom is 0.0758 e. The molecule has 0 fully saturated rings. The number of hydrogen-bond acceptors (Lipinski definition) is 1. The molecule has 0 aliphatic heterocycles. The van der Waals surface area contributed by atoms with E-state index in [1.54, 1.807) is 0 Å². The second-order valence-electron chi connectivity index (χ2n) is 7.11.